The lowest BCUT2D eigenvalue weighted by atomic mass is 10.0. The van der Waals surface area contributed by atoms with Crippen molar-refractivity contribution < 1.29 is 19.8 Å². The third kappa shape index (κ3) is 1.61. The molecule has 1 rings (SSSR count). The highest BCUT2D eigenvalue weighted by molar-refractivity contribution is 6.06. The molecule has 5 nitrogen and oxygen atoms in total. The van der Waals surface area contributed by atoms with Gasteiger partial charge in [-0.3, -0.25) is 0 Å². The van der Waals surface area contributed by atoms with E-state index in [1.807, 2.05) is 0 Å². The Morgan fingerprint density at radius 1 is 1.36 bits per heavy atom. The van der Waals surface area contributed by atoms with Crippen LogP contribution in [0.2, 0.25) is 0 Å². The van der Waals surface area contributed by atoms with Gasteiger partial charge in [-0.05, 0) is 13.0 Å². The van der Waals surface area contributed by atoms with E-state index in [2.05, 4.69) is 0 Å². The highest BCUT2D eigenvalue weighted by atomic mass is 16.4. The molecule has 2 N–H and O–H groups in total. The molecule has 0 aromatic carbocycles. The quantitative estimate of drug-likeness (QED) is 0.665. The molecule has 5 heteroatoms. The largest absolute Gasteiger partial charge is 0.478 e. The summed E-state index contributed by atoms with van der Waals surface area (Å²) in [5.74, 6) is -2.41. The molecule has 14 heavy (non-hydrogen) atoms. The van der Waals surface area contributed by atoms with Crippen LogP contribution in [0.1, 0.15) is 6.92 Å². The number of likely N-dealkylation sites (N-methyl/N-ethyl adjacent to an activating group) is 1. The molecule has 0 atom stereocenters. The Morgan fingerprint density at radius 2 is 1.93 bits per heavy atom. The first kappa shape index (κ1) is 10.3. The van der Waals surface area contributed by atoms with Crippen molar-refractivity contribution in [1.29, 1.82) is 0 Å². The Balaban J connectivity index is 3.23. The zero-order valence-corrected chi connectivity index (χ0v) is 7.94. The second kappa shape index (κ2) is 3.53. The van der Waals surface area contributed by atoms with Crippen molar-refractivity contribution in [2.24, 2.45) is 0 Å². The van der Waals surface area contributed by atoms with E-state index < -0.39 is 11.9 Å². The zero-order valence-electron chi connectivity index (χ0n) is 7.94. The standard InChI is InChI=1S/C9H11NO4/c1-5-7(9(13)14)6(8(11)12)3-4-10(5)2/h3H,4H2,1-2H3,(H,11,12)(H,13,14). The molecule has 0 spiro atoms. The minimum absolute atomic E-state index is 0.131. The molecular formula is C9H11NO4. The van der Waals surface area contributed by atoms with Crippen molar-refractivity contribution in [1.82, 2.24) is 4.90 Å². The lowest BCUT2D eigenvalue weighted by Gasteiger charge is -2.25. The predicted molar refractivity (Wildman–Crippen MR) is 48.7 cm³/mol. The summed E-state index contributed by atoms with van der Waals surface area (Å²) in [6.07, 6.45) is 1.40. The molecule has 0 radical (unpaired) electrons. The first-order chi connectivity index (χ1) is 6.45. The number of hydrogen-bond acceptors (Lipinski definition) is 3. The second-order valence-corrected chi connectivity index (χ2v) is 3.07. The normalized spacial score (nSPS) is 16.7. The third-order valence-electron chi connectivity index (χ3n) is 2.22. The van der Waals surface area contributed by atoms with Crippen LogP contribution >= 0.6 is 0 Å². The Bertz CT molecular complexity index is 354. The van der Waals surface area contributed by atoms with Gasteiger partial charge in [0.05, 0.1) is 11.1 Å². The van der Waals surface area contributed by atoms with E-state index in [9.17, 15) is 9.59 Å². The lowest BCUT2D eigenvalue weighted by Crippen LogP contribution is -2.27. The molecule has 0 bridgehead atoms. The number of carboxylic acids is 2. The van der Waals surface area contributed by atoms with Crippen LogP contribution in [0.15, 0.2) is 22.9 Å². The number of carbonyl (C=O) groups is 2. The number of rotatable bonds is 2. The fourth-order valence-electron chi connectivity index (χ4n) is 1.32. The van der Waals surface area contributed by atoms with Gasteiger partial charge in [-0.25, -0.2) is 9.59 Å². The Labute approximate surface area is 80.9 Å². The van der Waals surface area contributed by atoms with Crippen LogP contribution in [0.25, 0.3) is 0 Å². The molecule has 0 amide bonds. The van der Waals surface area contributed by atoms with Crippen molar-refractivity contribution in [3.05, 3.63) is 22.9 Å². The SMILES string of the molecule is CC1=C(C(=O)O)C(C(=O)O)=CCN1C. The molecule has 76 valence electrons. The highest BCUT2D eigenvalue weighted by Crippen LogP contribution is 2.22. The fraction of sp³-hybridized carbons (Fsp3) is 0.333. The van der Waals surface area contributed by atoms with Crippen molar-refractivity contribution in [2.75, 3.05) is 13.6 Å². The maximum Gasteiger partial charge on any atom is 0.338 e. The van der Waals surface area contributed by atoms with Gasteiger partial charge in [0.25, 0.3) is 0 Å². The summed E-state index contributed by atoms with van der Waals surface area (Å²) < 4.78 is 0. The van der Waals surface area contributed by atoms with E-state index in [0.717, 1.165) is 0 Å². The third-order valence-corrected chi connectivity index (χ3v) is 2.22. The Morgan fingerprint density at radius 3 is 2.36 bits per heavy atom. The van der Waals surface area contributed by atoms with Gasteiger partial charge in [0.1, 0.15) is 0 Å². The smallest absolute Gasteiger partial charge is 0.338 e. The van der Waals surface area contributed by atoms with Crippen LogP contribution in [0.3, 0.4) is 0 Å². The molecule has 1 aliphatic rings. The molecule has 0 fully saturated rings. The maximum absolute atomic E-state index is 10.8. The number of carboxylic acid groups (broad SMARTS) is 2. The molecule has 0 saturated heterocycles. The lowest BCUT2D eigenvalue weighted by molar-refractivity contribution is -0.136. The maximum atomic E-state index is 10.8. The zero-order chi connectivity index (χ0) is 10.9. The fourth-order valence-corrected chi connectivity index (χ4v) is 1.32. The Hall–Kier alpha value is -1.78. The second-order valence-electron chi connectivity index (χ2n) is 3.07. The first-order valence-electron chi connectivity index (χ1n) is 4.04. The topological polar surface area (TPSA) is 77.8 Å². The van der Waals surface area contributed by atoms with Gasteiger partial charge in [-0.1, -0.05) is 0 Å². The summed E-state index contributed by atoms with van der Waals surface area (Å²) in [7, 11) is 1.72. The molecule has 0 aromatic rings. The van der Waals surface area contributed by atoms with Crippen LogP contribution in [-0.2, 0) is 9.59 Å². The van der Waals surface area contributed by atoms with Crippen LogP contribution < -0.4 is 0 Å². The first-order valence-corrected chi connectivity index (χ1v) is 4.04. The average Bonchev–Trinajstić information content (AvgIpc) is 2.08. The molecule has 1 aliphatic heterocycles. The van der Waals surface area contributed by atoms with Crippen molar-refractivity contribution in [2.45, 2.75) is 6.92 Å². The van der Waals surface area contributed by atoms with E-state index in [4.69, 9.17) is 10.2 Å². The minimum atomic E-state index is -1.21. The summed E-state index contributed by atoms with van der Waals surface area (Å²) >= 11 is 0. The van der Waals surface area contributed by atoms with Crippen LogP contribution in [0, 0.1) is 0 Å². The number of hydrogen-bond donors (Lipinski definition) is 2. The van der Waals surface area contributed by atoms with Gasteiger partial charge in [0, 0.05) is 19.3 Å². The number of nitrogens with zero attached hydrogens (tertiary/aromatic N) is 1. The van der Waals surface area contributed by atoms with Crippen LogP contribution in [-0.4, -0.2) is 40.6 Å². The highest BCUT2D eigenvalue weighted by Gasteiger charge is 2.26. The molecule has 0 unspecified atom stereocenters. The summed E-state index contributed by atoms with van der Waals surface area (Å²) in [5.41, 5.74) is 0.205. The summed E-state index contributed by atoms with van der Waals surface area (Å²) in [6.45, 7) is 2.02. The number of allylic oxidation sites excluding steroid dienone is 1. The van der Waals surface area contributed by atoms with Crippen molar-refractivity contribution in [3.63, 3.8) is 0 Å². The number of aliphatic carboxylic acids is 2. The van der Waals surface area contributed by atoms with Gasteiger partial charge in [0.15, 0.2) is 0 Å². The van der Waals surface area contributed by atoms with E-state index >= 15 is 0 Å². The molecule has 0 saturated carbocycles. The molecule has 0 aromatic heterocycles. The van der Waals surface area contributed by atoms with Crippen LogP contribution in [0.4, 0.5) is 0 Å². The van der Waals surface area contributed by atoms with E-state index in [1.54, 1.807) is 18.9 Å². The van der Waals surface area contributed by atoms with E-state index in [0.29, 0.717) is 12.2 Å². The van der Waals surface area contributed by atoms with Gasteiger partial charge >= 0.3 is 11.9 Å². The monoisotopic (exact) mass is 197 g/mol. The van der Waals surface area contributed by atoms with E-state index in [-0.39, 0.29) is 11.1 Å². The predicted octanol–water partition coefficient (Wildman–Crippen LogP) is 0.301. The van der Waals surface area contributed by atoms with E-state index in [1.165, 1.54) is 6.08 Å². The summed E-state index contributed by atoms with van der Waals surface area (Å²) in [4.78, 5) is 23.3. The van der Waals surface area contributed by atoms with Gasteiger partial charge < -0.3 is 15.1 Å². The van der Waals surface area contributed by atoms with Gasteiger partial charge in [-0.2, -0.15) is 0 Å². The van der Waals surface area contributed by atoms with Crippen molar-refractivity contribution >= 4 is 11.9 Å². The van der Waals surface area contributed by atoms with Crippen molar-refractivity contribution in [3.8, 4) is 0 Å². The average molecular weight is 197 g/mol. The summed E-state index contributed by atoms with van der Waals surface area (Å²) in [6, 6.07) is 0. The van der Waals surface area contributed by atoms with Crippen LogP contribution in [0.5, 0.6) is 0 Å². The summed E-state index contributed by atoms with van der Waals surface area (Å²) in [5, 5.41) is 17.6. The molecular weight excluding hydrogens is 186 g/mol. The molecule has 0 aliphatic carbocycles. The minimum Gasteiger partial charge on any atom is -0.478 e. The van der Waals surface area contributed by atoms with Gasteiger partial charge in [-0.15, -0.1) is 0 Å². The molecule has 1 heterocycles. The Kier molecular flexibility index (Phi) is 2.60. The van der Waals surface area contributed by atoms with Gasteiger partial charge in [0.2, 0.25) is 0 Å².